The maximum atomic E-state index is 11.2. The molecule has 2 saturated heterocycles. The second-order valence-corrected chi connectivity index (χ2v) is 5.44. The van der Waals surface area contributed by atoms with Crippen molar-refractivity contribution in [2.24, 2.45) is 0 Å². The molecule has 2 rings (SSSR count). The van der Waals surface area contributed by atoms with Gasteiger partial charge < -0.3 is 9.57 Å². The fraction of sp³-hybridized carbons (Fsp3) is 0.800. The average Bonchev–Trinajstić information content (AvgIpc) is 2.63. The van der Waals surface area contributed by atoms with E-state index in [4.69, 9.17) is 0 Å². The molecule has 0 aromatic heterocycles. The van der Waals surface area contributed by atoms with Crippen molar-refractivity contribution in [2.45, 2.75) is 31.8 Å². The Bertz CT molecular complexity index is 304. The fourth-order valence-corrected chi connectivity index (χ4v) is 2.43. The van der Waals surface area contributed by atoms with Crippen LogP contribution in [0.3, 0.4) is 0 Å². The zero-order chi connectivity index (χ0) is 14.3. The maximum absolute atomic E-state index is 11.2. The Hall–Kier alpha value is -0.480. The molecule has 3 amide bonds. The van der Waals surface area contributed by atoms with Gasteiger partial charge in [-0.15, -0.1) is 0 Å². The van der Waals surface area contributed by atoms with E-state index < -0.39 is 0 Å². The van der Waals surface area contributed by atoms with Crippen molar-refractivity contribution in [1.82, 2.24) is 20.1 Å². The number of carbonyl (C=O) groups excluding carboxylic acids is 2. The molecule has 110 valence electrons. The Morgan fingerprint density at radius 1 is 1.63 bits per heavy atom. The molecule has 0 aromatic rings. The van der Waals surface area contributed by atoms with Crippen LogP contribution < -0.4 is 10.6 Å². The van der Waals surface area contributed by atoms with Crippen LogP contribution in [0.15, 0.2) is 0 Å². The third-order valence-corrected chi connectivity index (χ3v) is 4.24. The van der Waals surface area contributed by atoms with Gasteiger partial charge in [-0.25, -0.2) is 10.3 Å². The van der Waals surface area contributed by atoms with Crippen molar-refractivity contribution >= 4 is 31.2 Å². The zero-order valence-corrected chi connectivity index (χ0v) is 13.4. The molecule has 19 heavy (non-hydrogen) atoms. The summed E-state index contributed by atoms with van der Waals surface area (Å²) in [7, 11) is 4.86. The quantitative estimate of drug-likeness (QED) is 0.327. The summed E-state index contributed by atoms with van der Waals surface area (Å²) in [5.74, 6) is 0. The summed E-state index contributed by atoms with van der Waals surface area (Å²) in [4.78, 5) is 27.4. The number of nitrogens with zero attached hydrogens (tertiary/aromatic N) is 2. The van der Waals surface area contributed by atoms with E-state index in [1.54, 1.807) is 4.67 Å². The summed E-state index contributed by atoms with van der Waals surface area (Å²) < 4.78 is 1.78. The fourth-order valence-electron chi connectivity index (χ4n) is 1.93. The minimum Gasteiger partial charge on any atom is -0.322 e. The first-order valence-corrected chi connectivity index (χ1v) is 7.29. The topological polar surface area (TPSA) is 73.9 Å². The first-order chi connectivity index (χ1) is 9.10. The normalized spacial score (nSPS) is 22.7. The Labute approximate surface area is 118 Å². The second kappa shape index (κ2) is 8.64. The number of hydroxylamine groups is 1. The zero-order valence-electron chi connectivity index (χ0n) is 11.0. The summed E-state index contributed by atoms with van der Waals surface area (Å²) in [6, 6.07) is 0.890. The van der Waals surface area contributed by atoms with Gasteiger partial charge in [0.2, 0.25) is 6.41 Å². The largest absolute Gasteiger partial charge is 0.323 e. The smallest absolute Gasteiger partial charge is 0.322 e. The number of amides is 3. The number of urea groups is 1. The minimum atomic E-state index is 0.188. The number of rotatable bonds is 5. The van der Waals surface area contributed by atoms with Gasteiger partial charge in [-0.1, -0.05) is 9.39 Å². The van der Waals surface area contributed by atoms with E-state index in [1.807, 2.05) is 11.8 Å². The molecular weight excluding hydrogens is 286 g/mol. The van der Waals surface area contributed by atoms with Crippen molar-refractivity contribution in [1.29, 1.82) is 0 Å². The molecule has 2 bridgehead atoms. The lowest BCUT2D eigenvalue weighted by Gasteiger charge is -2.19. The van der Waals surface area contributed by atoms with Gasteiger partial charge in [0.15, 0.2) is 0 Å². The van der Waals surface area contributed by atoms with Crippen LogP contribution in [-0.4, -0.2) is 53.8 Å². The van der Waals surface area contributed by atoms with Crippen molar-refractivity contribution in [3.05, 3.63) is 0 Å². The molecule has 0 aliphatic carbocycles. The average molecular weight is 308 g/mol. The van der Waals surface area contributed by atoms with E-state index in [2.05, 4.69) is 34.2 Å². The molecule has 2 fully saturated rings. The summed E-state index contributed by atoms with van der Waals surface area (Å²) in [6.07, 6.45) is 2.84. The molecule has 4 unspecified atom stereocenters. The van der Waals surface area contributed by atoms with Crippen LogP contribution in [0, 0.1) is 0 Å². The van der Waals surface area contributed by atoms with Gasteiger partial charge in [-0.2, -0.15) is 0 Å². The van der Waals surface area contributed by atoms with E-state index in [0.717, 1.165) is 13.1 Å². The van der Waals surface area contributed by atoms with Crippen LogP contribution in [0.1, 0.15) is 19.8 Å². The second-order valence-electron chi connectivity index (χ2n) is 4.55. The molecule has 2 aliphatic heterocycles. The van der Waals surface area contributed by atoms with Gasteiger partial charge in [-0.3, -0.25) is 14.7 Å². The third kappa shape index (κ3) is 5.19. The predicted octanol–water partition coefficient (Wildman–Crippen LogP) is 0.109. The van der Waals surface area contributed by atoms with Crippen LogP contribution in [0.5, 0.6) is 0 Å². The van der Waals surface area contributed by atoms with E-state index in [1.165, 1.54) is 12.8 Å². The van der Waals surface area contributed by atoms with Crippen molar-refractivity contribution in [3.63, 3.8) is 0 Å². The lowest BCUT2D eigenvalue weighted by molar-refractivity contribution is -0.120. The third-order valence-electron chi connectivity index (χ3n) is 3.03. The van der Waals surface area contributed by atoms with Crippen LogP contribution in [0.2, 0.25) is 0 Å². The molecule has 2 aliphatic rings. The highest BCUT2D eigenvalue weighted by Gasteiger charge is 2.37. The van der Waals surface area contributed by atoms with Gasteiger partial charge in [0, 0.05) is 19.1 Å². The molecule has 0 saturated carbocycles. The molecule has 9 heteroatoms. The molecule has 7 nitrogen and oxygen atoms in total. The van der Waals surface area contributed by atoms with Crippen molar-refractivity contribution in [3.8, 4) is 0 Å². The standard InChI is InChI=1S/C6H11N2OP.C4H11N2O2P/c9-6-7-3-1-2-5(4-7)8(6)10;1-4(6-9)2-8-5-3-7/h5H,1-4,10H2;3-4,6H,2,9H2,1H3,(H,5,7). The lowest BCUT2D eigenvalue weighted by atomic mass is 10.1. The molecule has 0 spiro atoms. The SMILES string of the molecule is CC(CONC=O)NP.O=C1N2CCCC(C2)N1P. The summed E-state index contributed by atoms with van der Waals surface area (Å²) >= 11 is 0. The number of hydrogen-bond acceptors (Lipinski definition) is 4. The number of hydrogen-bond donors (Lipinski definition) is 2. The van der Waals surface area contributed by atoms with E-state index in [-0.39, 0.29) is 12.1 Å². The molecule has 2 N–H and O–H groups in total. The van der Waals surface area contributed by atoms with E-state index in [9.17, 15) is 9.59 Å². The van der Waals surface area contributed by atoms with Crippen LogP contribution >= 0.6 is 18.8 Å². The first kappa shape index (κ1) is 16.6. The molecule has 4 atom stereocenters. The summed E-state index contributed by atoms with van der Waals surface area (Å²) in [5.41, 5.74) is 2.08. The molecular formula is C10H22N4O3P2. The van der Waals surface area contributed by atoms with Crippen molar-refractivity contribution in [2.75, 3.05) is 19.7 Å². The Balaban J connectivity index is 0.000000192. The Morgan fingerprint density at radius 3 is 2.89 bits per heavy atom. The van der Waals surface area contributed by atoms with Gasteiger partial charge in [0.25, 0.3) is 0 Å². The summed E-state index contributed by atoms with van der Waals surface area (Å²) in [5, 5.41) is 2.86. The monoisotopic (exact) mass is 308 g/mol. The predicted molar refractivity (Wildman–Crippen MR) is 79.0 cm³/mol. The minimum absolute atomic E-state index is 0.188. The maximum Gasteiger partial charge on any atom is 0.323 e. The number of nitrogens with one attached hydrogen (secondary N) is 2. The van der Waals surface area contributed by atoms with Crippen LogP contribution in [0.25, 0.3) is 0 Å². The Kier molecular flexibility index (Phi) is 7.54. The molecule has 0 radical (unpaired) electrons. The van der Waals surface area contributed by atoms with Crippen molar-refractivity contribution < 1.29 is 14.4 Å². The molecule has 0 aromatic carbocycles. The first-order valence-electron chi connectivity index (χ1n) is 6.20. The highest BCUT2D eigenvalue weighted by atomic mass is 31.0. The van der Waals surface area contributed by atoms with Gasteiger partial charge in [0.1, 0.15) is 0 Å². The van der Waals surface area contributed by atoms with E-state index >= 15 is 0 Å². The Morgan fingerprint density at radius 2 is 2.37 bits per heavy atom. The summed E-state index contributed by atoms with van der Waals surface area (Å²) in [6.45, 7) is 4.30. The van der Waals surface area contributed by atoms with Gasteiger partial charge in [0.05, 0.1) is 12.6 Å². The van der Waals surface area contributed by atoms with Gasteiger partial charge >= 0.3 is 6.03 Å². The number of piperidine rings is 1. The highest BCUT2D eigenvalue weighted by molar-refractivity contribution is 7.14. The lowest BCUT2D eigenvalue weighted by Crippen LogP contribution is -2.30. The van der Waals surface area contributed by atoms with Crippen LogP contribution in [0.4, 0.5) is 4.79 Å². The highest BCUT2D eigenvalue weighted by Crippen LogP contribution is 2.27. The van der Waals surface area contributed by atoms with Gasteiger partial charge in [-0.05, 0) is 29.2 Å². The molecule has 2 heterocycles. The van der Waals surface area contributed by atoms with Crippen LogP contribution in [-0.2, 0) is 9.63 Å². The number of fused-ring (bicyclic) bond motifs is 2. The van der Waals surface area contributed by atoms with E-state index in [0.29, 0.717) is 19.1 Å². The number of carbonyl (C=O) groups is 2.